The number of pyridine rings is 1. The molecule has 0 bridgehead atoms. The molecule has 2 rings (SSSR count). The highest BCUT2D eigenvalue weighted by molar-refractivity contribution is 5.79. The highest BCUT2D eigenvalue weighted by atomic mass is 16.1. The molecule has 1 amide bonds. The highest BCUT2D eigenvalue weighted by Crippen LogP contribution is 2.14. The summed E-state index contributed by atoms with van der Waals surface area (Å²) in [7, 11) is 0. The molecule has 0 spiro atoms. The van der Waals surface area contributed by atoms with Crippen molar-refractivity contribution in [2.45, 2.75) is 25.8 Å². The van der Waals surface area contributed by atoms with Crippen LogP contribution >= 0.6 is 0 Å². The Hall–Kier alpha value is -1.42. The number of rotatable bonds is 3. The van der Waals surface area contributed by atoms with Gasteiger partial charge in [-0.3, -0.25) is 9.78 Å². The number of aromatic nitrogens is 1. The Bertz CT molecular complexity index is 360. The molecule has 92 valence electrons. The maximum atomic E-state index is 12.0. The Kier molecular flexibility index (Phi) is 4.09. The molecule has 1 aliphatic heterocycles. The summed E-state index contributed by atoms with van der Waals surface area (Å²) in [5.41, 5.74) is 0.912. The van der Waals surface area contributed by atoms with Crippen LogP contribution in [0.5, 0.6) is 0 Å². The standard InChI is InChI=1S/C13H19N3O/c1-10(12-4-2-3-7-15-12)16-13(17)11-5-8-14-9-6-11/h2-4,7,10-11,14H,5-6,8-9H2,1H3,(H,16,17). The molecule has 2 N–H and O–H groups in total. The molecule has 0 saturated carbocycles. The molecule has 0 aliphatic carbocycles. The lowest BCUT2D eigenvalue weighted by Gasteiger charge is -2.23. The number of piperidine rings is 1. The monoisotopic (exact) mass is 233 g/mol. The quantitative estimate of drug-likeness (QED) is 0.826. The van der Waals surface area contributed by atoms with Gasteiger partial charge >= 0.3 is 0 Å². The van der Waals surface area contributed by atoms with Gasteiger partial charge in [0.15, 0.2) is 0 Å². The lowest BCUT2D eigenvalue weighted by Crippen LogP contribution is -2.39. The van der Waals surface area contributed by atoms with Crippen molar-refractivity contribution in [2.75, 3.05) is 13.1 Å². The third-order valence-electron chi connectivity index (χ3n) is 3.20. The van der Waals surface area contributed by atoms with Gasteiger partial charge in [-0.2, -0.15) is 0 Å². The van der Waals surface area contributed by atoms with Crippen LogP contribution in [0.3, 0.4) is 0 Å². The van der Waals surface area contributed by atoms with Gasteiger partial charge in [-0.25, -0.2) is 0 Å². The van der Waals surface area contributed by atoms with Crippen molar-refractivity contribution in [2.24, 2.45) is 5.92 Å². The van der Waals surface area contributed by atoms with Crippen molar-refractivity contribution in [1.29, 1.82) is 0 Å². The predicted octanol–water partition coefficient (Wildman–Crippen LogP) is 1.26. The second-order valence-electron chi connectivity index (χ2n) is 4.51. The topological polar surface area (TPSA) is 54.0 Å². The molecule has 2 heterocycles. The van der Waals surface area contributed by atoms with Crippen LogP contribution in [0.1, 0.15) is 31.5 Å². The van der Waals surface area contributed by atoms with Crippen molar-refractivity contribution in [3.05, 3.63) is 30.1 Å². The van der Waals surface area contributed by atoms with Gasteiger partial charge in [0.25, 0.3) is 0 Å². The molecule has 1 atom stereocenters. The molecule has 1 aromatic heterocycles. The predicted molar refractivity (Wildman–Crippen MR) is 66.4 cm³/mol. The van der Waals surface area contributed by atoms with Crippen LogP contribution in [-0.2, 0) is 4.79 Å². The Morgan fingerprint density at radius 3 is 2.88 bits per heavy atom. The van der Waals surface area contributed by atoms with E-state index in [2.05, 4.69) is 15.6 Å². The van der Waals surface area contributed by atoms with E-state index < -0.39 is 0 Å². The highest BCUT2D eigenvalue weighted by Gasteiger charge is 2.22. The van der Waals surface area contributed by atoms with Crippen LogP contribution in [0, 0.1) is 5.92 Å². The third kappa shape index (κ3) is 3.27. The molecule has 0 radical (unpaired) electrons. The Morgan fingerprint density at radius 1 is 1.47 bits per heavy atom. The lowest BCUT2D eigenvalue weighted by atomic mass is 9.97. The summed E-state index contributed by atoms with van der Waals surface area (Å²) in [5, 5.41) is 6.30. The van der Waals surface area contributed by atoms with Crippen LogP contribution in [-0.4, -0.2) is 24.0 Å². The second-order valence-corrected chi connectivity index (χ2v) is 4.51. The van der Waals surface area contributed by atoms with Crippen molar-refractivity contribution in [3.63, 3.8) is 0 Å². The number of carbonyl (C=O) groups excluding carboxylic acids is 1. The Labute approximate surface area is 102 Å². The van der Waals surface area contributed by atoms with Crippen LogP contribution < -0.4 is 10.6 Å². The van der Waals surface area contributed by atoms with Crippen LogP contribution in [0.25, 0.3) is 0 Å². The third-order valence-corrected chi connectivity index (χ3v) is 3.20. The van der Waals surface area contributed by atoms with E-state index in [1.165, 1.54) is 0 Å². The zero-order chi connectivity index (χ0) is 12.1. The van der Waals surface area contributed by atoms with Gasteiger partial charge in [-0.1, -0.05) is 6.07 Å². The molecule has 17 heavy (non-hydrogen) atoms. The number of nitrogens with one attached hydrogen (secondary N) is 2. The minimum atomic E-state index is -0.0152. The van der Waals surface area contributed by atoms with E-state index >= 15 is 0 Å². The Morgan fingerprint density at radius 2 is 2.24 bits per heavy atom. The maximum absolute atomic E-state index is 12.0. The summed E-state index contributed by atoms with van der Waals surface area (Å²) >= 11 is 0. The summed E-state index contributed by atoms with van der Waals surface area (Å²) in [6.07, 6.45) is 3.62. The first-order valence-corrected chi connectivity index (χ1v) is 6.19. The number of hydrogen-bond acceptors (Lipinski definition) is 3. The number of carbonyl (C=O) groups is 1. The first kappa shape index (κ1) is 12.0. The first-order valence-electron chi connectivity index (χ1n) is 6.19. The Balaban J connectivity index is 1.89. The number of nitrogens with zero attached hydrogens (tertiary/aromatic N) is 1. The van der Waals surface area contributed by atoms with E-state index in [4.69, 9.17) is 0 Å². The van der Waals surface area contributed by atoms with E-state index in [0.717, 1.165) is 31.6 Å². The fraction of sp³-hybridized carbons (Fsp3) is 0.538. The van der Waals surface area contributed by atoms with Gasteiger partial charge in [0.2, 0.25) is 5.91 Å². The summed E-state index contributed by atoms with van der Waals surface area (Å²) in [6, 6.07) is 5.74. The summed E-state index contributed by atoms with van der Waals surface area (Å²) in [6.45, 7) is 3.85. The van der Waals surface area contributed by atoms with Gasteiger partial charge in [0.05, 0.1) is 11.7 Å². The van der Waals surface area contributed by atoms with Gasteiger partial charge in [-0.05, 0) is 45.0 Å². The minimum absolute atomic E-state index is 0.0152. The molecule has 4 heteroatoms. The van der Waals surface area contributed by atoms with Gasteiger partial charge in [0, 0.05) is 12.1 Å². The lowest BCUT2D eigenvalue weighted by molar-refractivity contribution is -0.126. The molecule has 4 nitrogen and oxygen atoms in total. The molecule has 1 aliphatic rings. The maximum Gasteiger partial charge on any atom is 0.223 e. The molecular formula is C13H19N3O. The zero-order valence-corrected chi connectivity index (χ0v) is 10.1. The van der Waals surface area contributed by atoms with Gasteiger partial charge in [0.1, 0.15) is 0 Å². The smallest absolute Gasteiger partial charge is 0.223 e. The number of hydrogen-bond donors (Lipinski definition) is 2. The molecule has 1 saturated heterocycles. The fourth-order valence-electron chi connectivity index (χ4n) is 2.12. The second kappa shape index (κ2) is 5.77. The zero-order valence-electron chi connectivity index (χ0n) is 10.1. The average molecular weight is 233 g/mol. The fourth-order valence-corrected chi connectivity index (χ4v) is 2.12. The molecule has 1 aromatic rings. The van der Waals surface area contributed by atoms with Gasteiger partial charge in [-0.15, -0.1) is 0 Å². The van der Waals surface area contributed by atoms with Crippen LogP contribution in [0.15, 0.2) is 24.4 Å². The minimum Gasteiger partial charge on any atom is -0.348 e. The van der Waals surface area contributed by atoms with Gasteiger partial charge < -0.3 is 10.6 Å². The van der Waals surface area contributed by atoms with Crippen molar-refractivity contribution < 1.29 is 4.79 Å². The summed E-state index contributed by atoms with van der Waals surface area (Å²) in [5.74, 6) is 0.312. The van der Waals surface area contributed by atoms with Crippen molar-refractivity contribution in [3.8, 4) is 0 Å². The molecule has 1 fully saturated rings. The number of amides is 1. The van der Waals surface area contributed by atoms with Crippen molar-refractivity contribution in [1.82, 2.24) is 15.6 Å². The van der Waals surface area contributed by atoms with E-state index in [1.54, 1.807) is 6.20 Å². The normalized spacial score (nSPS) is 18.6. The van der Waals surface area contributed by atoms with Crippen molar-refractivity contribution >= 4 is 5.91 Å². The van der Waals surface area contributed by atoms with Crippen LogP contribution in [0.4, 0.5) is 0 Å². The molecule has 1 unspecified atom stereocenters. The average Bonchev–Trinajstić information content (AvgIpc) is 2.40. The van der Waals surface area contributed by atoms with E-state index in [9.17, 15) is 4.79 Å². The van der Waals surface area contributed by atoms with Crippen LogP contribution in [0.2, 0.25) is 0 Å². The first-order chi connectivity index (χ1) is 8.27. The van der Waals surface area contributed by atoms with E-state index in [1.807, 2.05) is 25.1 Å². The molecular weight excluding hydrogens is 214 g/mol. The van der Waals surface area contributed by atoms with E-state index in [0.29, 0.717) is 0 Å². The largest absolute Gasteiger partial charge is 0.348 e. The SMILES string of the molecule is CC(NC(=O)C1CCNCC1)c1ccccn1. The summed E-state index contributed by atoms with van der Waals surface area (Å²) in [4.78, 5) is 16.3. The summed E-state index contributed by atoms with van der Waals surface area (Å²) < 4.78 is 0. The molecule has 0 aromatic carbocycles. The van der Waals surface area contributed by atoms with E-state index in [-0.39, 0.29) is 17.9 Å².